The van der Waals surface area contributed by atoms with E-state index >= 15 is 0 Å². The molecule has 0 saturated carbocycles. The molecular weight excluding hydrogens is 528 g/mol. The van der Waals surface area contributed by atoms with Gasteiger partial charge in [-0.1, -0.05) is 41.7 Å². The molecular formula is C30H30N4O3S2. The van der Waals surface area contributed by atoms with Gasteiger partial charge in [0, 0.05) is 69.6 Å². The number of morpholine rings is 1. The van der Waals surface area contributed by atoms with Crippen LogP contribution < -0.4 is 15.8 Å². The van der Waals surface area contributed by atoms with Crippen LogP contribution in [-0.4, -0.2) is 43.4 Å². The van der Waals surface area contributed by atoms with Crippen molar-refractivity contribution >= 4 is 34.9 Å². The quantitative estimate of drug-likeness (QED) is 0.249. The molecule has 2 unspecified atom stereocenters. The Morgan fingerprint density at radius 3 is 2.87 bits per heavy atom. The molecule has 7 nitrogen and oxygen atoms in total. The SMILES string of the molecule is COCC(Nc1ccc2c(c1)Sc1cccc(C3CN(c4cc[nH]c(=O)c4)CCO3)c1S2)c1ccc(C)cn1. The van der Waals surface area contributed by atoms with Gasteiger partial charge in [-0.05, 0) is 54.4 Å². The van der Waals surface area contributed by atoms with Crippen LogP contribution in [0, 0.1) is 6.92 Å². The number of pyridine rings is 2. The molecule has 2 aromatic heterocycles. The van der Waals surface area contributed by atoms with Gasteiger partial charge in [-0.25, -0.2) is 0 Å². The fraction of sp³-hybridized carbons (Fsp3) is 0.267. The first-order valence-corrected chi connectivity index (χ1v) is 14.6. The normalized spacial score (nSPS) is 17.3. The third-order valence-electron chi connectivity index (χ3n) is 6.89. The third-order valence-corrected chi connectivity index (χ3v) is 9.50. The van der Waals surface area contributed by atoms with Gasteiger partial charge < -0.3 is 24.7 Å². The Balaban J connectivity index is 1.22. The Labute approximate surface area is 236 Å². The monoisotopic (exact) mass is 558 g/mol. The zero-order chi connectivity index (χ0) is 26.8. The zero-order valence-corrected chi connectivity index (χ0v) is 23.5. The highest BCUT2D eigenvalue weighted by atomic mass is 32.2. The van der Waals surface area contributed by atoms with Crippen LogP contribution in [0.25, 0.3) is 0 Å². The van der Waals surface area contributed by atoms with E-state index in [4.69, 9.17) is 9.47 Å². The Morgan fingerprint density at radius 2 is 2.05 bits per heavy atom. The van der Waals surface area contributed by atoms with Gasteiger partial charge in [0.25, 0.3) is 0 Å². The summed E-state index contributed by atoms with van der Waals surface area (Å²) >= 11 is 3.59. The number of H-pyrrole nitrogens is 1. The van der Waals surface area contributed by atoms with Crippen molar-refractivity contribution in [3.63, 3.8) is 0 Å². The molecule has 0 aliphatic carbocycles. The van der Waals surface area contributed by atoms with Crippen molar-refractivity contribution in [2.45, 2.75) is 38.7 Å². The second-order valence-corrected chi connectivity index (χ2v) is 11.8. The minimum absolute atomic E-state index is 0.0413. The number of anilines is 2. The van der Waals surface area contributed by atoms with E-state index in [1.54, 1.807) is 42.9 Å². The largest absolute Gasteiger partial charge is 0.382 e. The van der Waals surface area contributed by atoms with Gasteiger partial charge in [0.05, 0.1) is 24.9 Å². The molecule has 0 radical (unpaired) electrons. The van der Waals surface area contributed by atoms with Gasteiger partial charge >= 0.3 is 0 Å². The van der Waals surface area contributed by atoms with Gasteiger partial charge in [-0.15, -0.1) is 0 Å². The van der Waals surface area contributed by atoms with Crippen molar-refractivity contribution in [2.75, 3.05) is 43.6 Å². The number of rotatable bonds is 7. The summed E-state index contributed by atoms with van der Waals surface area (Å²) < 4.78 is 11.7. The molecule has 2 N–H and O–H groups in total. The number of aromatic amines is 1. The maximum absolute atomic E-state index is 11.9. The van der Waals surface area contributed by atoms with Crippen molar-refractivity contribution in [1.82, 2.24) is 9.97 Å². The van der Waals surface area contributed by atoms with Crippen molar-refractivity contribution in [3.05, 3.63) is 100 Å². The molecule has 0 bridgehead atoms. The number of benzene rings is 2. The third kappa shape index (κ3) is 5.72. The molecule has 0 spiro atoms. The molecule has 39 heavy (non-hydrogen) atoms. The lowest BCUT2D eigenvalue weighted by molar-refractivity contribution is 0.0379. The fourth-order valence-corrected chi connectivity index (χ4v) is 7.37. The summed E-state index contributed by atoms with van der Waals surface area (Å²) in [6.07, 6.45) is 3.52. The van der Waals surface area contributed by atoms with Crippen LogP contribution in [0.5, 0.6) is 0 Å². The molecule has 200 valence electrons. The molecule has 2 aromatic carbocycles. The number of hydrogen-bond donors (Lipinski definition) is 2. The summed E-state index contributed by atoms with van der Waals surface area (Å²) in [7, 11) is 1.71. The Morgan fingerprint density at radius 1 is 1.13 bits per heavy atom. The molecule has 4 aromatic rings. The predicted octanol–water partition coefficient (Wildman–Crippen LogP) is 6.07. The Hall–Kier alpha value is -3.24. The van der Waals surface area contributed by atoms with Gasteiger partial charge in [0.2, 0.25) is 5.56 Å². The maximum Gasteiger partial charge on any atom is 0.249 e. The summed E-state index contributed by atoms with van der Waals surface area (Å²) in [4.78, 5) is 26.3. The summed E-state index contributed by atoms with van der Waals surface area (Å²) in [5.74, 6) is 0. The van der Waals surface area contributed by atoms with Crippen LogP contribution in [0.3, 0.4) is 0 Å². The number of nitrogens with one attached hydrogen (secondary N) is 2. The van der Waals surface area contributed by atoms with E-state index in [0.29, 0.717) is 19.8 Å². The molecule has 6 rings (SSSR count). The fourth-order valence-electron chi connectivity index (χ4n) is 4.92. The minimum atomic E-state index is -0.0891. The van der Waals surface area contributed by atoms with Crippen LogP contribution in [0.1, 0.15) is 29.0 Å². The van der Waals surface area contributed by atoms with E-state index in [1.165, 1.54) is 25.1 Å². The van der Waals surface area contributed by atoms with Gasteiger partial charge in [0.1, 0.15) is 6.10 Å². The Kier molecular flexibility index (Phi) is 7.65. The van der Waals surface area contributed by atoms with E-state index in [2.05, 4.69) is 68.7 Å². The smallest absolute Gasteiger partial charge is 0.249 e. The molecule has 1 fully saturated rings. The maximum atomic E-state index is 11.9. The molecule has 2 aliphatic rings. The lowest BCUT2D eigenvalue weighted by atomic mass is 10.1. The highest BCUT2D eigenvalue weighted by molar-refractivity contribution is 8.05. The van der Waals surface area contributed by atoms with Crippen molar-refractivity contribution in [2.24, 2.45) is 0 Å². The summed E-state index contributed by atoms with van der Waals surface area (Å²) in [5, 5.41) is 3.62. The number of aromatic nitrogens is 2. The summed E-state index contributed by atoms with van der Waals surface area (Å²) in [6, 6.07) is 20.7. The molecule has 2 atom stereocenters. The number of aryl methyl sites for hydroxylation is 1. The number of methoxy groups -OCH3 is 1. The van der Waals surface area contributed by atoms with Crippen LogP contribution in [0.2, 0.25) is 0 Å². The summed E-state index contributed by atoms with van der Waals surface area (Å²) in [6.45, 7) is 4.64. The van der Waals surface area contributed by atoms with Gasteiger partial charge in [0.15, 0.2) is 0 Å². The lowest BCUT2D eigenvalue weighted by Crippen LogP contribution is -2.39. The average molecular weight is 559 g/mol. The van der Waals surface area contributed by atoms with E-state index in [-0.39, 0.29) is 17.7 Å². The summed E-state index contributed by atoms with van der Waals surface area (Å²) in [5.41, 5.74) is 5.16. The first kappa shape index (κ1) is 26.0. The molecule has 2 aliphatic heterocycles. The van der Waals surface area contributed by atoms with Crippen LogP contribution in [0.15, 0.2) is 97.4 Å². The first-order chi connectivity index (χ1) is 19.1. The second-order valence-electron chi connectivity index (χ2n) is 9.67. The van der Waals surface area contributed by atoms with Crippen molar-refractivity contribution < 1.29 is 9.47 Å². The number of fused-ring (bicyclic) bond motifs is 2. The predicted molar refractivity (Wildman–Crippen MR) is 156 cm³/mol. The number of ether oxygens (including phenoxy) is 2. The molecule has 1 saturated heterocycles. The van der Waals surface area contributed by atoms with Crippen LogP contribution >= 0.6 is 23.5 Å². The topological polar surface area (TPSA) is 79.5 Å². The molecule has 0 amide bonds. The van der Waals surface area contributed by atoms with Crippen LogP contribution in [-0.2, 0) is 9.47 Å². The number of nitrogens with zero attached hydrogens (tertiary/aromatic N) is 2. The first-order valence-electron chi connectivity index (χ1n) is 12.9. The van der Waals surface area contributed by atoms with Gasteiger partial charge in [-0.3, -0.25) is 9.78 Å². The van der Waals surface area contributed by atoms with E-state index in [0.717, 1.165) is 29.2 Å². The second kappa shape index (κ2) is 11.5. The standard InChI is InChI=1S/C30H30N4O3S2/c1-19-6-8-23(32-16-19)24(18-36-2)33-20-7-9-26-28(14-20)38-27-5-3-4-22(30(27)39-26)25-17-34(12-13-37-25)21-10-11-31-29(35)15-21/h3-11,14-16,24-25,33H,12-13,17-18H2,1-2H3,(H,31,35). The van der Waals surface area contributed by atoms with E-state index in [9.17, 15) is 4.79 Å². The van der Waals surface area contributed by atoms with Crippen LogP contribution in [0.4, 0.5) is 11.4 Å². The molecule has 9 heteroatoms. The number of hydrogen-bond acceptors (Lipinski definition) is 8. The van der Waals surface area contributed by atoms with E-state index < -0.39 is 0 Å². The highest BCUT2D eigenvalue weighted by Crippen LogP contribution is 2.52. The molecule has 4 heterocycles. The van der Waals surface area contributed by atoms with E-state index in [1.807, 2.05) is 19.2 Å². The zero-order valence-electron chi connectivity index (χ0n) is 21.8. The minimum Gasteiger partial charge on any atom is -0.382 e. The van der Waals surface area contributed by atoms with Gasteiger partial charge in [-0.2, -0.15) is 0 Å². The average Bonchev–Trinajstić information content (AvgIpc) is 2.96. The lowest BCUT2D eigenvalue weighted by Gasteiger charge is -2.36. The van der Waals surface area contributed by atoms with Crippen molar-refractivity contribution in [3.8, 4) is 0 Å². The van der Waals surface area contributed by atoms with Crippen molar-refractivity contribution in [1.29, 1.82) is 0 Å². The highest BCUT2D eigenvalue weighted by Gasteiger charge is 2.28. The Bertz CT molecular complexity index is 1530.